The summed E-state index contributed by atoms with van der Waals surface area (Å²) in [5.74, 6) is 2.11. The summed E-state index contributed by atoms with van der Waals surface area (Å²) in [6.45, 7) is 5.24. The van der Waals surface area contributed by atoms with Crippen LogP contribution in [0, 0.1) is 17.8 Å². The monoisotopic (exact) mass is 254 g/mol. The molecule has 2 aliphatic rings. The van der Waals surface area contributed by atoms with Gasteiger partial charge < -0.3 is 9.84 Å². The van der Waals surface area contributed by atoms with Gasteiger partial charge in [0, 0.05) is 0 Å². The number of hydrogen-bond donors (Lipinski definition) is 1. The third-order valence-electron chi connectivity index (χ3n) is 5.25. The number of rotatable bonds is 4. The molecular formula is C16H30O2. The SMILES string of the molecule is CC1CCC(OCC(O)C2CCCCC2)CC1C. The Labute approximate surface area is 112 Å². The minimum absolute atomic E-state index is 0.222. The van der Waals surface area contributed by atoms with Crippen molar-refractivity contribution in [3.05, 3.63) is 0 Å². The molecule has 2 rings (SSSR count). The van der Waals surface area contributed by atoms with Crippen LogP contribution in [0.5, 0.6) is 0 Å². The Morgan fingerprint density at radius 1 is 1.00 bits per heavy atom. The maximum atomic E-state index is 10.2. The lowest BCUT2D eigenvalue weighted by atomic mass is 9.80. The van der Waals surface area contributed by atoms with Crippen molar-refractivity contribution >= 4 is 0 Å². The van der Waals surface area contributed by atoms with Crippen molar-refractivity contribution in [1.29, 1.82) is 0 Å². The molecule has 2 aliphatic carbocycles. The standard InChI is InChI=1S/C16H30O2/c1-12-8-9-15(10-13(12)2)18-11-16(17)14-6-4-3-5-7-14/h12-17H,3-11H2,1-2H3. The van der Waals surface area contributed by atoms with Gasteiger partial charge >= 0.3 is 0 Å². The van der Waals surface area contributed by atoms with Gasteiger partial charge in [-0.05, 0) is 49.9 Å². The first kappa shape index (κ1) is 14.3. The molecule has 0 amide bonds. The van der Waals surface area contributed by atoms with Crippen molar-refractivity contribution < 1.29 is 9.84 Å². The van der Waals surface area contributed by atoms with Crippen LogP contribution in [-0.2, 0) is 4.74 Å². The summed E-state index contributed by atoms with van der Waals surface area (Å²) in [7, 11) is 0. The lowest BCUT2D eigenvalue weighted by molar-refractivity contribution is -0.0589. The molecule has 0 aromatic rings. The van der Waals surface area contributed by atoms with Crippen LogP contribution in [0.15, 0.2) is 0 Å². The van der Waals surface area contributed by atoms with E-state index in [-0.39, 0.29) is 6.10 Å². The first-order valence-corrected chi connectivity index (χ1v) is 7.96. The molecule has 1 N–H and O–H groups in total. The lowest BCUT2D eigenvalue weighted by Crippen LogP contribution is -2.33. The van der Waals surface area contributed by atoms with E-state index in [1.165, 1.54) is 51.4 Å². The van der Waals surface area contributed by atoms with Crippen LogP contribution in [0.4, 0.5) is 0 Å². The molecule has 0 radical (unpaired) electrons. The number of hydrogen-bond acceptors (Lipinski definition) is 2. The Morgan fingerprint density at radius 3 is 2.39 bits per heavy atom. The smallest absolute Gasteiger partial charge is 0.0801 e. The van der Waals surface area contributed by atoms with Gasteiger partial charge in [0.25, 0.3) is 0 Å². The van der Waals surface area contributed by atoms with Crippen LogP contribution >= 0.6 is 0 Å². The summed E-state index contributed by atoms with van der Waals surface area (Å²) < 4.78 is 5.97. The second-order valence-electron chi connectivity index (χ2n) is 6.69. The Bertz CT molecular complexity index is 233. The van der Waals surface area contributed by atoms with Crippen LogP contribution in [0.1, 0.15) is 65.2 Å². The van der Waals surface area contributed by atoms with Gasteiger partial charge in [0.2, 0.25) is 0 Å². The van der Waals surface area contributed by atoms with Crippen molar-refractivity contribution in [2.24, 2.45) is 17.8 Å². The van der Waals surface area contributed by atoms with E-state index in [0.717, 1.165) is 11.8 Å². The van der Waals surface area contributed by atoms with E-state index in [9.17, 15) is 5.11 Å². The van der Waals surface area contributed by atoms with Crippen LogP contribution in [0.25, 0.3) is 0 Å². The van der Waals surface area contributed by atoms with E-state index in [0.29, 0.717) is 18.6 Å². The highest BCUT2D eigenvalue weighted by atomic mass is 16.5. The second kappa shape index (κ2) is 6.91. The first-order valence-electron chi connectivity index (χ1n) is 7.96. The summed E-state index contributed by atoms with van der Waals surface area (Å²) >= 11 is 0. The molecule has 0 bridgehead atoms. The van der Waals surface area contributed by atoms with E-state index < -0.39 is 0 Å². The first-order chi connectivity index (χ1) is 8.66. The van der Waals surface area contributed by atoms with Crippen molar-refractivity contribution in [2.75, 3.05) is 6.61 Å². The molecule has 0 spiro atoms. The molecule has 4 atom stereocenters. The van der Waals surface area contributed by atoms with Crippen molar-refractivity contribution in [3.8, 4) is 0 Å². The minimum Gasteiger partial charge on any atom is -0.390 e. The van der Waals surface area contributed by atoms with Crippen LogP contribution in [0.3, 0.4) is 0 Å². The van der Waals surface area contributed by atoms with Gasteiger partial charge in [-0.3, -0.25) is 0 Å². The molecule has 0 aromatic carbocycles. The summed E-state index contributed by atoms with van der Waals surface area (Å²) in [5.41, 5.74) is 0. The normalized spacial score (nSPS) is 36.5. The molecule has 4 unspecified atom stereocenters. The molecule has 2 heteroatoms. The molecule has 2 nitrogen and oxygen atoms in total. The Kier molecular flexibility index (Phi) is 5.50. The van der Waals surface area contributed by atoms with Gasteiger partial charge in [-0.1, -0.05) is 33.1 Å². The molecular weight excluding hydrogens is 224 g/mol. The van der Waals surface area contributed by atoms with Crippen LogP contribution in [0.2, 0.25) is 0 Å². The fourth-order valence-electron chi connectivity index (χ4n) is 3.54. The zero-order chi connectivity index (χ0) is 13.0. The van der Waals surface area contributed by atoms with Crippen LogP contribution < -0.4 is 0 Å². The van der Waals surface area contributed by atoms with Crippen molar-refractivity contribution in [1.82, 2.24) is 0 Å². The molecule has 106 valence electrons. The van der Waals surface area contributed by atoms with Crippen molar-refractivity contribution in [2.45, 2.75) is 77.4 Å². The van der Waals surface area contributed by atoms with E-state index in [1.54, 1.807) is 0 Å². The average Bonchev–Trinajstić information content (AvgIpc) is 2.41. The van der Waals surface area contributed by atoms with E-state index >= 15 is 0 Å². The van der Waals surface area contributed by atoms with E-state index in [1.807, 2.05) is 0 Å². The number of aliphatic hydroxyl groups is 1. The third-order valence-corrected chi connectivity index (χ3v) is 5.25. The fourth-order valence-corrected chi connectivity index (χ4v) is 3.54. The topological polar surface area (TPSA) is 29.5 Å². The number of ether oxygens (including phenoxy) is 1. The highest BCUT2D eigenvalue weighted by molar-refractivity contribution is 4.77. The molecule has 0 aromatic heterocycles. The third kappa shape index (κ3) is 3.96. The lowest BCUT2D eigenvalue weighted by Gasteiger charge is -2.33. The van der Waals surface area contributed by atoms with Gasteiger partial charge in [-0.15, -0.1) is 0 Å². The molecule has 0 heterocycles. The molecule has 18 heavy (non-hydrogen) atoms. The summed E-state index contributed by atoms with van der Waals surface area (Å²) in [4.78, 5) is 0. The number of aliphatic hydroxyl groups excluding tert-OH is 1. The Morgan fingerprint density at radius 2 is 1.72 bits per heavy atom. The maximum Gasteiger partial charge on any atom is 0.0801 e. The van der Waals surface area contributed by atoms with E-state index in [2.05, 4.69) is 13.8 Å². The Hall–Kier alpha value is -0.0800. The minimum atomic E-state index is -0.222. The molecule has 0 saturated heterocycles. The molecule has 2 saturated carbocycles. The van der Waals surface area contributed by atoms with Gasteiger partial charge in [-0.2, -0.15) is 0 Å². The zero-order valence-electron chi connectivity index (χ0n) is 12.1. The van der Waals surface area contributed by atoms with Crippen LogP contribution in [-0.4, -0.2) is 23.9 Å². The summed E-state index contributed by atoms with van der Waals surface area (Å²) in [6, 6.07) is 0. The average molecular weight is 254 g/mol. The van der Waals surface area contributed by atoms with Crippen molar-refractivity contribution in [3.63, 3.8) is 0 Å². The maximum absolute atomic E-state index is 10.2. The molecule has 2 fully saturated rings. The van der Waals surface area contributed by atoms with Gasteiger partial charge in [-0.25, -0.2) is 0 Å². The zero-order valence-corrected chi connectivity index (χ0v) is 12.1. The van der Waals surface area contributed by atoms with Gasteiger partial charge in [0.05, 0.1) is 18.8 Å². The predicted molar refractivity (Wildman–Crippen MR) is 74.5 cm³/mol. The van der Waals surface area contributed by atoms with Gasteiger partial charge in [0.15, 0.2) is 0 Å². The quantitative estimate of drug-likeness (QED) is 0.827. The highest BCUT2D eigenvalue weighted by Crippen LogP contribution is 2.32. The summed E-state index contributed by atoms with van der Waals surface area (Å²) in [6.07, 6.45) is 10.1. The highest BCUT2D eigenvalue weighted by Gasteiger charge is 2.27. The summed E-state index contributed by atoms with van der Waals surface area (Å²) in [5, 5.41) is 10.2. The predicted octanol–water partition coefficient (Wildman–Crippen LogP) is 3.77. The van der Waals surface area contributed by atoms with E-state index in [4.69, 9.17) is 4.74 Å². The fraction of sp³-hybridized carbons (Fsp3) is 1.00. The second-order valence-corrected chi connectivity index (χ2v) is 6.69. The Balaban J connectivity index is 1.67. The van der Waals surface area contributed by atoms with Gasteiger partial charge in [0.1, 0.15) is 0 Å². The largest absolute Gasteiger partial charge is 0.390 e. The molecule has 0 aliphatic heterocycles.